The van der Waals surface area contributed by atoms with Crippen molar-refractivity contribution in [2.24, 2.45) is 0 Å². The van der Waals surface area contributed by atoms with Gasteiger partial charge in [-0.25, -0.2) is 0 Å². The van der Waals surface area contributed by atoms with Crippen LogP contribution in [0.25, 0.3) is 0 Å². The summed E-state index contributed by atoms with van der Waals surface area (Å²) in [6.07, 6.45) is 2.64. The number of amides is 1. The van der Waals surface area contributed by atoms with Gasteiger partial charge in [0, 0.05) is 30.6 Å². The Morgan fingerprint density at radius 2 is 2.00 bits per heavy atom. The van der Waals surface area contributed by atoms with E-state index < -0.39 is 0 Å². The molecule has 0 saturated carbocycles. The Morgan fingerprint density at radius 1 is 1.27 bits per heavy atom. The van der Waals surface area contributed by atoms with Crippen LogP contribution in [0.15, 0.2) is 11.4 Å². The first-order chi connectivity index (χ1) is 12.4. The normalized spacial score (nSPS) is 18.8. The van der Waals surface area contributed by atoms with Crippen LogP contribution < -0.4 is 0 Å². The van der Waals surface area contributed by atoms with Crippen molar-refractivity contribution in [1.29, 1.82) is 0 Å². The van der Waals surface area contributed by atoms with Crippen LogP contribution in [0.4, 0.5) is 0 Å². The first-order valence-electron chi connectivity index (χ1n) is 9.13. The predicted octanol–water partition coefficient (Wildman–Crippen LogP) is 3.60. The number of hydrogen-bond donors (Lipinski definition) is 1. The lowest BCUT2D eigenvalue weighted by atomic mass is 9.85. The second-order valence-corrected chi connectivity index (χ2v) is 8.26. The van der Waals surface area contributed by atoms with Crippen LogP contribution in [0, 0.1) is 13.8 Å². The van der Waals surface area contributed by atoms with Crippen LogP contribution in [0.3, 0.4) is 0 Å². The van der Waals surface area contributed by atoms with Crippen molar-refractivity contribution in [1.82, 2.24) is 9.88 Å². The molecule has 1 N–H and O–H groups in total. The Morgan fingerprint density at radius 3 is 2.65 bits per heavy atom. The number of carbonyl (C=O) groups is 2. The van der Waals surface area contributed by atoms with Gasteiger partial charge in [-0.15, -0.1) is 11.3 Å². The van der Waals surface area contributed by atoms with Crippen LogP contribution >= 0.6 is 11.3 Å². The quantitative estimate of drug-likeness (QED) is 0.820. The van der Waals surface area contributed by atoms with Gasteiger partial charge < -0.3 is 14.6 Å². The first-order valence-corrected chi connectivity index (χ1v) is 10.0. The van der Waals surface area contributed by atoms with Crippen molar-refractivity contribution in [3.8, 4) is 0 Å². The summed E-state index contributed by atoms with van der Waals surface area (Å²) >= 11 is 1.78. The van der Waals surface area contributed by atoms with Crippen molar-refractivity contribution < 1.29 is 14.3 Å². The number of thiophene rings is 1. The van der Waals surface area contributed by atoms with Gasteiger partial charge in [-0.2, -0.15) is 0 Å². The number of ether oxygens (including phenoxy) is 1. The van der Waals surface area contributed by atoms with E-state index in [0.717, 1.165) is 37.1 Å². The SMILES string of the molecule is CC(=O)c1[nH]c(C)c(C(=O)N2CCC3(CC2)OCCc2ccsc23)c1C. The number of H-pyrrole nitrogens is 1. The highest BCUT2D eigenvalue weighted by atomic mass is 32.1. The molecule has 138 valence electrons. The molecule has 6 heteroatoms. The molecule has 0 atom stereocenters. The van der Waals surface area contributed by atoms with Gasteiger partial charge in [0.2, 0.25) is 0 Å². The Hall–Kier alpha value is -1.92. The number of fused-ring (bicyclic) bond motifs is 2. The van der Waals surface area contributed by atoms with Crippen LogP contribution in [-0.4, -0.2) is 41.3 Å². The fourth-order valence-corrected chi connectivity index (χ4v) is 5.55. The number of aromatic amines is 1. The largest absolute Gasteiger partial charge is 0.369 e. The highest BCUT2D eigenvalue weighted by molar-refractivity contribution is 7.10. The number of likely N-dealkylation sites (tertiary alicyclic amines) is 1. The second-order valence-electron chi connectivity index (χ2n) is 7.34. The van der Waals surface area contributed by atoms with Gasteiger partial charge in [0.05, 0.1) is 17.9 Å². The molecule has 0 unspecified atom stereocenters. The highest BCUT2D eigenvalue weighted by Gasteiger charge is 2.43. The van der Waals surface area contributed by atoms with Crippen LogP contribution in [-0.2, 0) is 16.8 Å². The Labute approximate surface area is 157 Å². The van der Waals surface area contributed by atoms with Crippen molar-refractivity contribution in [2.45, 2.75) is 45.6 Å². The molecule has 2 aliphatic heterocycles. The lowest BCUT2D eigenvalue weighted by Crippen LogP contribution is -2.48. The molecule has 4 heterocycles. The number of Topliss-reactive ketones (excluding diaryl/α,β-unsaturated/α-hetero) is 1. The third-order valence-corrected chi connectivity index (χ3v) is 6.91. The zero-order chi connectivity index (χ0) is 18.5. The van der Waals surface area contributed by atoms with E-state index in [1.807, 2.05) is 18.7 Å². The molecule has 0 aromatic carbocycles. The summed E-state index contributed by atoms with van der Waals surface area (Å²) in [4.78, 5) is 31.2. The number of rotatable bonds is 2. The number of carbonyl (C=O) groups excluding carboxylic acids is 2. The Balaban J connectivity index is 1.55. The molecule has 4 rings (SSSR count). The molecule has 2 aromatic rings. The average Bonchev–Trinajstić information content (AvgIpc) is 3.21. The van der Waals surface area contributed by atoms with Crippen molar-refractivity contribution in [3.05, 3.63) is 44.4 Å². The van der Waals surface area contributed by atoms with E-state index in [0.29, 0.717) is 24.3 Å². The van der Waals surface area contributed by atoms with E-state index in [2.05, 4.69) is 16.4 Å². The molecule has 26 heavy (non-hydrogen) atoms. The highest BCUT2D eigenvalue weighted by Crippen LogP contribution is 2.44. The lowest BCUT2D eigenvalue weighted by molar-refractivity contribution is -0.0906. The Bertz CT molecular complexity index is 872. The van der Waals surface area contributed by atoms with E-state index >= 15 is 0 Å². The molecule has 1 fully saturated rings. The van der Waals surface area contributed by atoms with Gasteiger partial charge in [-0.1, -0.05) is 0 Å². The fraction of sp³-hybridized carbons (Fsp3) is 0.500. The van der Waals surface area contributed by atoms with E-state index in [4.69, 9.17) is 4.74 Å². The number of aryl methyl sites for hydroxylation is 1. The fourth-order valence-electron chi connectivity index (χ4n) is 4.38. The van der Waals surface area contributed by atoms with E-state index in [1.54, 1.807) is 11.3 Å². The molecule has 1 saturated heterocycles. The van der Waals surface area contributed by atoms with Crippen LogP contribution in [0.5, 0.6) is 0 Å². The molecule has 2 aromatic heterocycles. The van der Waals surface area contributed by atoms with Crippen LogP contribution in [0.2, 0.25) is 0 Å². The molecule has 2 aliphatic rings. The number of nitrogens with one attached hydrogen (secondary N) is 1. The number of piperidine rings is 1. The maximum Gasteiger partial charge on any atom is 0.255 e. The molecule has 5 nitrogen and oxygen atoms in total. The summed E-state index contributed by atoms with van der Waals surface area (Å²) in [5.74, 6) is -0.0242. The van der Waals surface area contributed by atoms with Gasteiger partial charge in [-0.3, -0.25) is 9.59 Å². The third-order valence-electron chi connectivity index (χ3n) is 5.77. The smallest absolute Gasteiger partial charge is 0.255 e. The summed E-state index contributed by atoms with van der Waals surface area (Å²) in [6.45, 7) is 7.35. The van der Waals surface area contributed by atoms with E-state index in [-0.39, 0.29) is 17.3 Å². The monoisotopic (exact) mass is 372 g/mol. The number of ketones is 1. The summed E-state index contributed by atoms with van der Waals surface area (Å²) in [6, 6.07) is 2.21. The molecule has 0 bridgehead atoms. The zero-order valence-corrected chi connectivity index (χ0v) is 16.3. The maximum absolute atomic E-state index is 13.1. The standard InChI is InChI=1S/C20H24N2O3S/c1-12-16(13(2)21-17(12)14(3)23)19(24)22-8-6-20(7-9-22)18-15(4-10-25-20)5-11-26-18/h5,11,21H,4,6-10H2,1-3H3. The van der Waals surface area contributed by atoms with E-state index in [1.165, 1.54) is 17.4 Å². The number of hydrogen-bond acceptors (Lipinski definition) is 4. The van der Waals surface area contributed by atoms with Gasteiger partial charge in [0.25, 0.3) is 5.91 Å². The predicted molar refractivity (Wildman–Crippen MR) is 101 cm³/mol. The number of aromatic nitrogens is 1. The van der Waals surface area contributed by atoms with Gasteiger partial charge >= 0.3 is 0 Å². The lowest BCUT2D eigenvalue weighted by Gasteiger charge is -2.43. The van der Waals surface area contributed by atoms with Crippen molar-refractivity contribution in [3.63, 3.8) is 0 Å². The minimum atomic E-state index is -0.217. The van der Waals surface area contributed by atoms with Gasteiger partial charge in [-0.05, 0) is 55.7 Å². The summed E-state index contributed by atoms with van der Waals surface area (Å²) in [5, 5.41) is 2.15. The minimum absolute atomic E-state index is 0.0146. The number of nitrogens with zero attached hydrogens (tertiary/aromatic N) is 1. The molecule has 1 amide bonds. The molecule has 0 aliphatic carbocycles. The molecular formula is C20H24N2O3S. The van der Waals surface area contributed by atoms with Crippen molar-refractivity contribution >= 4 is 23.0 Å². The van der Waals surface area contributed by atoms with Crippen LogP contribution in [0.1, 0.15) is 62.3 Å². The molecule has 0 radical (unpaired) electrons. The maximum atomic E-state index is 13.1. The average molecular weight is 372 g/mol. The van der Waals surface area contributed by atoms with Gasteiger partial charge in [0.15, 0.2) is 5.78 Å². The van der Waals surface area contributed by atoms with Gasteiger partial charge in [0.1, 0.15) is 5.60 Å². The Kier molecular flexibility index (Phi) is 4.28. The first kappa shape index (κ1) is 17.5. The summed E-state index contributed by atoms with van der Waals surface area (Å²) in [5.41, 5.74) is 3.91. The molecular weight excluding hydrogens is 348 g/mol. The summed E-state index contributed by atoms with van der Waals surface area (Å²) in [7, 11) is 0. The topological polar surface area (TPSA) is 62.4 Å². The summed E-state index contributed by atoms with van der Waals surface area (Å²) < 4.78 is 6.23. The zero-order valence-electron chi connectivity index (χ0n) is 15.5. The van der Waals surface area contributed by atoms with Crippen molar-refractivity contribution in [2.75, 3.05) is 19.7 Å². The molecule has 1 spiro atoms. The second kappa shape index (κ2) is 6.35. The minimum Gasteiger partial charge on any atom is -0.369 e. The van der Waals surface area contributed by atoms with E-state index in [9.17, 15) is 9.59 Å². The third kappa shape index (κ3) is 2.63.